The molecule has 0 amide bonds. The Hall–Kier alpha value is -2.38. The monoisotopic (exact) mass is 371 g/mol. The van der Waals surface area contributed by atoms with E-state index in [1.807, 2.05) is 24.3 Å². The molecule has 1 aliphatic rings. The van der Waals surface area contributed by atoms with Crippen molar-refractivity contribution >= 4 is 27.5 Å². The highest BCUT2D eigenvalue weighted by molar-refractivity contribution is 7.18. The van der Waals surface area contributed by atoms with Crippen molar-refractivity contribution in [3.8, 4) is 11.4 Å². The molecule has 1 aromatic carbocycles. The number of rotatable bonds is 5. The van der Waals surface area contributed by atoms with Crippen LogP contribution in [-0.4, -0.2) is 34.9 Å². The van der Waals surface area contributed by atoms with Gasteiger partial charge in [0.05, 0.1) is 24.8 Å². The number of thiophene rings is 1. The Morgan fingerprint density at radius 2 is 2.04 bits per heavy atom. The maximum absolute atomic E-state index is 13.4. The van der Waals surface area contributed by atoms with Crippen molar-refractivity contribution in [2.75, 3.05) is 25.6 Å². The van der Waals surface area contributed by atoms with Gasteiger partial charge in [-0.25, -0.2) is 9.55 Å². The van der Waals surface area contributed by atoms with E-state index < -0.39 is 0 Å². The molecule has 0 saturated heterocycles. The average Bonchev–Trinajstić information content (AvgIpc) is 3.05. The third kappa shape index (κ3) is 2.87. The molecule has 7 heteroatoms. The number of aryl methyl sites for hydroxylation is 2. The fraction of sp³-hybridized carbons (Fsp3) is 0.368. The van der Waals surface area contributed by atoms with Crippen molar-refractivity contribution in [1.82, 2.24) is 9.55 Å². The summed E-state index contributed by atoms with van der Waals surface area (Å²) in [7, 11) is 1.61. The molecule has 1 aliphatic carbocycles. The summed E-state index contributed by atoms with van der Waals surface area (Å²) in [5, 5.41) is 13.0. The lowest BCUT2D eigenvalue weighted by Gasteiger charge is -2.15. The minimum atomic E-state index is -0.0555. The predicted octanol–water partition coefficient (Wildman–Crippen LogP) is 2.74. The third-order valence-corrected chi connectivity index (χ3v) is 5.90. The van der Waals surface area contributed by atoms with Gasteiger partial charge in [0.2, 0.25) is 5.95 Å². The number of ether oxygens (including phenoxy) is 1. The molecule has 0 aliphatic heterocycles. The van der Waals surface area contributed by atoms with Gasteiger partial charge in [-0.1, -0.05) is 0 Å². The second kappa shape index (κ2) is 7.09. The largest absolute Gasteiger partial charge is 0.497 e. The topological polar surface area (TPSA) is 76.4 Å². The number of fused-ring (bicyclic) bond motifs is 3. The molecule has 0 radical (unpaired) electrons. The third-order valence-electron chi connectivity index (χ3n) is 4.71. The Morgan fingerprint density at radius 1 is 1.27 bits per heavy atom. The van der Waals surface area contributed by atoms with Crippen LogP contribution in [-0.2, 0) is 12.8 Å². The summed E-state index contributed by atoms with van der Waals surface area (Å²) in [6.45, 7) is 0.302. The smallest absolute Gasteiger partial charge is 0.268 e. The van der Waals surface area contributed by atoms with Gasteiger partial charge in [-0.3, -0.25) is 4.79 Å². The highest BCUT2D eigenvalue weighted by atomic mass is 32.1. The molecule has 2 N–H and O–H groups in total. The zero-order valence-electron chi connectivity index (χ0n) is 14.6. The summed E-state index contributed by atoms with van der Waals surface area (Å²) in [5.74, 6) is 1.19. The number of aromatic nitrogens is 2. The number of hydrogen-bond donors (Lipinski definition) is 2. The normalized spacial score (nSPS) is 13.6. The van der Waals surface area contributed by atoms with Gasteiger partial charge >= 0.3 is 0 Å². The molecule has 2 aromatic heterocycles. The van der Waals surface area contributed by atoms with Crippen LogP contribution in [0.25, 0.3) is 15.9 Å². The fourth-order valence-electron chi connectivity index (χ4n) is 3.46. The van der Waals surface area contributed by atoms with Crippen LogP contribution in [0.4, 0.5) is 5.95 Å². The van der Waals surface area contributed by atoms with Crippen molar-refractivity contribution in [3.63, 3.8) is 0 Å². The lowest BCUT2D eigenvalue weighted by atomic mass is 9.97. The zero-order valence-corrected chi connectivity index (χ0v) is 15.4. The summed E-state index contributed by atoms with van der Waals surface area (Å²) in [6.07, 6.45) is 4.25. The first kappa shape index (κ1) is 17.1. The number of methoxy groups -OCH3 is 1. The van der Waals surface area contributed by atoms with Crippen molar-refractivity contribution < 1.29 is 9.84 Å². The highest BCUT2D eigenvalue weighted by Gasteiger charge is 2.22. The van der Waals surface area contributed by atoms with Crippen molar-refractivity contribution in [2.24, 2.45) is 0 Å². The van der Waals surface area contributed by atoms with Gasteiger partial charge in [-0.05, 0) is 55.5 Å². The van der Waals surface area contributed by atoms with Crippen molar-refractivity contribution in [1.29, 1.82) is 0 Å². The summed E-state index contributed by atoms with van der Waals surface area (Å²) in [6, 6.07) is 7.34. The van der Waals surface area contributed by atoms with Crippen molar-refractivity contribution in [3.05, 3.63) is 45.1 Å². The van der Waals surface area contributed by atoms with E-state index in [0.29, 0.717) is 12.5 Å². The molecule has 26 heavy (non-hydrogen) atoms. The SMILES string of the molecule is COc1ccc(-n2c(NCCO)nc3sc4c(c3c2=O)CCCC4)cc1. The van der Waals surface area contributed by atoms with Gasteiger partial charge in [0.25, 0.3) is 5.56 Å². The Bertz CT molecular complexity index is 992. The highest BCUT2D eigenvalue weighted by Crippen LogP contribution is 2.34. The first-order chi connectivity index (χ1) is 12.7. The van der Waals surface area contributed by atoms with E-state index in [9.17, 15) is 9.90 Å². The lowest BCUT2D eigenvalue weighted by Crippen LogP contribution is -2.25. The van der Waals surface area contributed by atoms with Crippen LogP contribution in [0.3, 0.4) is 0 Å². The number of anilines is 1. The number of nitrogens with zero attached hydrogens (tertiary/aromatic N) is 2. The molecular formula is C19H21N3O3S. The molecule has 136 valence electrons. The summed E-state index contributed by atoms with van der Waals surface area (Å²) >= 11 is 1.62. The average molecular weight is 371 g/mol. The summed E-state index contributed by atoms with van der Waals surface area (Å²) in [4.78, 5) is 20.2. The van der Waals surface area contributed by atoms with Crippen LogP contribution in [0.5, 0.6) is 5.75 Å². The molecule has 0 saturated carbocycles. The number of aliphatic hydroxyl groups is 1. The van der Waals surface area contributed by atoms with E-state index in [2.05, 4.69) is 5.32 Å². The Kier molecular flexibility index (Phi) is 4.65. The molecule has 0 fully saturated rings. The second-order valence-corrected chi connectivity index (χ2v) is 7.40. The van der Waals surface area contributed by atoms with Crippen LogP contribution in [0, 0.1) is 0 Å². The van der Waals surface area contributed by atoms with Crippen LogP contribution in [0.2, 0.25) is 0 Å². The first-order valence-electron chi connectivity index (χ1n) is 8.79. The molecular weight excluding hydrogens is 350 g/mol. The van der Waals surface area contributed by atoms with Gasteiger partial charge in [-0.2, -0.15) is 0 Å². The van der Waals surface area contributed by atoms with Gasteiger partial charge in [0.15, 0.2) is 0 Å². The van der Waals surface area contributed by atoms with E-state index in [-0.39, 0.29) is 12.2 Å². The van der Waals surface area contributed by atoms with Crippen LogP contribution >= 0.6 is 11.3 Å². The van der Waals surface area contributed by atoms with E-state index in [0.717, 1.165) is 40.9 Å². The van der Waals surface area contributed by atoms with Gasteiger partial charge in [0.1, 0.15) is 10.6 Å². The van der Waals surface area contributed by atoms with E-state index in [4.69, 9.17) is 9.72 Å². The zero-order chi connectivity index (χ0) is 18.1. The molecule has 3 aromatic rings. The molecule has 0 unspecified atom stereocenters. The first-order valence-corrected chi connectivity index (χ1v) is 9.61. The maximum Gasteiger partial charge on any atom is 0.268 e. The van der Waals surface area contributed by atoms with Gasteiger partial charge in [-0.15, -0.1) is 11.3 Å². The summed E-state index contributed by atoms with van der Waals surface area (Å²) < 4.78 is 6.81. The van der Waals surface area contributed by atoms with Crippen LogP contribution in [0.15, 0.2) is 29.1 Å². The molecule has 6 nitrogen and oxygen atoms in total. The maximum atomic E-state index is 13.4. The second-order valence-electron chi connectivity index (χ2n) is 6.32. The molecule has 0 bridgehead atoms. The lowest BCUT2D eigenvalue weighted by molar-refractivity contribution is 0.310. The Labute approximate surface area is 155 Å². The molecule has 0 spiro atoms. The van der Waals surface area contributed by atoms with E-state index in [1.165, 1.54) is 16.9 Å². The van der Waals surface area contributed by atoms with E-state index in [1.54, 1.807) is 23.0 Å². The Morgan fingerprint density at radius 3 is 2.77 bits per heavy atom. The number of hydrogen-bond acceptors (Lipinski definition) is 6. The van der Waals surface area contributed by atoms with Crippen molar-refractivity contribution in [2.45, 2.75) is 25.7 Å². The fourth-order valence-corrected chi connectivity index (χ4v) is 4.71. The van der Waals surface area contributed by atoms with Gasteiger partial charge in [0, 0.05) is 11.4 Å². The quantitative estimate of drug-likeness (QED) is 0.721. The van der Waals surface area contributed by atoms with Gasteiger partial charge < -0.3 is 15.2 Å². The van der Waals surface area contributed by atoms with E-state index >= 15 is 0 Å². The van der Waals surface area contributed by atoms with Crippen LogP contribution < -0.4 is 15.6 Å². The standard InChI is InChI=1S/C19H21N3O3S/c1-25-13-8-6-12(7-9-13)22-18(24)16-14-4-2-3-5-15(14)26-17(16)21-19(22)20-10-11-23/h6-9,23H,2-5,10-11H2,1H3,(H,20,21). The number of benzene rings is 1. The Balaban J connectivity index is 1.95. The number of aliphatic hydroxyl groups excluding tert-OH is 1. The predicted molar refractivity (Wildman–Crippen MR) is 104 cm³/mol. The molecule has 4 rings (SSSR count). The number of nitrogens with one attached hydrogen (secondary N) is 1. The van der Waals surface area contributed by atoms with Crippen LogP contribution in [0.1, 0.15) is 23.3 Å². The summed E-state index contributed by atoms with van der Waals surface area (Å²) in [5.41, 5.74) is 1.84. The minimum absolute atomic E-state index is 0.0303. The minimum Gasteiger partial charge on any atom is -0.497 e. The molecule has 0 atom stereocenters. The molecule has 2 heterocycles.